The Balaban J connectivity index is 2.03. The average molecular weight is 341 g/mol. The highest BCUT2D eigenvalue weighted by molar-refractivity contribution is 5.94. The standard InChI is InChI=1S/C20H23NO4/c1-14(16-8-6-5-7-9-16)21(3)20(23)13-25-18-11-10-17(15(2)22)12-19(18)24-4/h5-12,14H,13H2,1-4H3. The predicted octanol–water partition coefficient (Wildman–Crippen LogP) is 3.50. The second kappa shape index (κ2) is 8.33. The first-order chi connectivity index (χ1) is 11.9. The molecule has 2 aromatic carbocycles. The third-order valence-corrected chi connectivity index (χ3v) is 4.18. The van der Waals surface area contributed by atoms with E-state index in [0.29, 0.717) is 17.1 Å². The minimum atomic E-state index is -0.144. The van der Waals surface area contributed by atoms with Gasteiger partial charge in [0, 0.05) is 12.6 Å². The minimum absolute atomic E-state index is 0.0562. The zero-order valence-corrected chi connectivity index (χ0v) is 15.0. The number of methoxy groups -OCH3 is 1. The number of nitrogens with zero attached hydrogens (tertiary/aromatic N) is 1. The van der Waals surface area contributed by atoms with Crippen molar-refractivity contribution in [3.05, 3.63) is 59.7 Å². The fourth-order valence-corrected chi connectivity index (χ4v) is 2.42. The molecule has 132 valence electrons. The lowest BCUT2D eigenvalue weighted by atomic mass is 10.1. The zero-order chi connectivity index (χ0) is 18.4. The van der Waals surface area contributed by atoms with E-state index in [0.717, 1.165) is 5.56 Å². The average Bonchev–Trinajstić information content (AvgIpc) is 2.65. The van der Waals surface area contributed by atoms with Crippen LogP contribution in [0.2, 0.25) is 0 Å². The first-order valence-electron chi connectivity index (χ1n) is 8.06. The molecule has 5 nitrogen and oxygen atoms in total. The molecule has 2 aromatic rings. The van der Waals surface area contributed by atoms with Crippen LogP contribution in [0, 0.1) is 0 Å². The number of carbonyl (C=O) groups excluding carboxylic acids is 2. The van der Waals surface area contributed by atoms with Crippen molar-refractivity contribution >= 4 is 11.7 Å². The van der Waals surface area contributed by atoms with E-state index in [1.807, 2.05) is 37.3 Å². The van der Waals surface area contributed by atoms with E-state index in [9.17, 15) is 9.59 Å². The molecule has 5 heteroatoms. The van der Waals surface area contributed by atoms with Gasteiger partial charge < -0.3 is 14.4 Å². The molecular formula is C20H23NO4. The Kier molecular flexibility index (Phi) is 6.17. The summed E-state index contributed by atoms with van der Waals surface area (Å²) in [5, 5.41) is 0. The Morgan fingerprint density at radius 2 is 1.76 bits per heavy atom. The summed E-state index contributed by atoms with van der Waals surface area (Å²) >= 11 is 0. The molecule has 0 N–H and O–H groups in total. The number of Topliss-reactive ketones (excluding diaryl/α,β-unsaturated/α-hetero) is 1. The summed E-state index contributed by atoms with van der Waals surface area (Å²) in [4.78, 5) is 25.5. The van der Waals surface area contributed by atoms with Crippen molar-refractivity contribution < 1.29 is 19.1 Å². The lowest BCUT2D eigenvalue weighted by Crippen LogP contribution is -2.33. The largest absolute Gasteiger partial charge is 0.493 e. The topological polar surface area (TPSA) is 55.8 Å². The summed E-state index contributed by atoms with van der Waals surface area (Å²) in [6.07, 6.45) is 0. The summed E-state index contributed by atoms with van der Waals surface area (Å²) in [7, 11) is 3.25. The molecule has 0 aliphatic carbocycles. The van der Waals surface area contributed by atoms with Gasteiger partial charge in [-0.05, 0) is 37.6 Å². The van der Waals surface area contributed by atoms with Gasteiger partial charge >= 0.3 is 0 Å². The second-order valence-electron chi connectivity index (χ2n) is 5.80. The van der Waals surface area contributed by atoms with Crippen molar-refractivity contribution in [3.63, 3.8) is 0 Å². The normalized spacial score (nSPS) is 11.5. The molecule has 1 unspecified atom stereocenters. The van der Waals surface area contributed by atoms with Crippen LogP contribution < -0.4 is 9.47 Å². The quantitative estimate of drug-likeness (QED) is 0.723. The maximum Gasteiger partial charge on any atom is 0.260 e. The van der Waals surface area contributed by atoms with Crippen LogP contribution in [0.1, 0.15) is 35.8 Å². The Bertz CT molecular complexity index is 743. The maximum atomic E-state index is 12.4. The number of likely N-dealkylation sites (N-methyl/N-ethyl adjacent to an activating group) is 1. The fraction of sp³-hybridized carbons (Fsp3) is 0.300. The molecule has 1 amide bonds. The Hall–Kier alpha value is -2.82. The van der Waals surface area contributed by atoms with Crippen molar-refractivity contribution in [1.29, 1.82) is 0 Å². The molecule has 1 atom stereocenters. The Morgan fingerprint density at radius 1 is 1.08 bits per heavy atom. The molecule has 0 fully saturated rings. The first-order valence-corrected chi connectivity index (χ1v) is 8.06. The Morgan fingerprint density at radius 3 is 2.36 bits per heavy atom. The number of hydrogen-bond donors (Lipinski definition) is 0. The molecular weight excluding hydrogens is 318 g/mol. The highest BCUT2D eigenvalue weighted by Gasteiger charge is 2.18. The number of hydrogen-bond acceptors (Lipinski definition) is 4. The van der Waals surface area contributed by atoms with Crippen LogP contribution in [0.25, 0.3) is 0 Å². The lowest BCUT2D eigenvalue weighted by molar-refractivity contribution is -0.134. The number of carbonyl (C=O) groups is 2. The van der Waals surface area contributed by atoms with Crippen LogP contribution in [0.4, 0.5) is 0 Å². The van der Waals surface area contributed by atoms with Gasteiger partial charge in [-0.15, -0.1) is 0 Å². The van der Waals surface area contributed by atoms with Gasteiger partial charge in [0.15, 0.2) is 23.9 Å². The van der Waals surface area contributed by atoms with Gasteiger partial charge in [0.2, 0.25) is 0 Å². The zero-order valence-electron chi connectivity index (χ0n) is 15.0. The minimum Gasteiger partial charge on any atom is -0.493 e. The van der Waals surface area contributed by atoms with E-state index >= 15 is 0 Å². The van der Waals surface area contributed by atoms with E-state index in [1.165, 1.54) is 14.0 Å². The van der Waals surface area contributed by atoms with Crippen molar-refractivity contribution in [2.75, 3.05) is 20.8 Å². The van der Waals surface area contributed by atoms with Gasteiger partial charge in [0.05, 0.1) is 13.2 Å². The molecule has 0 aliphatic rings. The molecule has 0 saturated carbocycles. The van der Waals surface area contributed by atoms with Crippen LogP contribution in [0.15, 0.2) is 48.5 Å². The molecule has 0 aromatic heterocycles. The van der Waals surface area contributed by atoms with Crippen LogP contribution in [0.3, 0.4) is 0 Å². The van der Waals surface area contributed by atoms with E-state index in [-0.39, 0.29) is 24.3 Å². The van der Waals surface area contributed by atoms with E-state index in [1.54, 1.807) is 30.1 Å². The summed E-state index contributed by atoms with van der Waals surface area (Å²) in [6.45, 7) is 3.34. The third kappa shape index (κ3) is 4.59. The van der Waals surface area contributed by atoms with Gasteiger partial charge in [-0.2, -0.15) is 0 Å². The van der Waals surface area contributed by atoms with Crippen molar-refractivity contribution in [1.82, 2.24) is 4.90 Å². The molecule has 0 bridgehead atoms. The van der Waals surface area contributed by atoms with E-state index in [4.69, 9.17) is 9.47 Å². The first kappa shape index (κ1) is 18.5. The summed E-state index contributed by atoms with van der Waals surface area (Å²) < 4.78 is 10.8. The monoisotopic (exact) mass is 341 g/mol. The van der Waals surface area contributed by atoms with Gasteiger partial charge in [0.1, 0.15) is 0 Å². The van der Waals surface area contributed by atoms with Crippen molar-refractivity contribution in [2.24, 2.45) is 0 Å². The third-order valence-electron chi connectivity index (χ3n) is 4.18. The smallest absolute Gasteiger partial charge is 0.260 e. The molecule has 2 rings (SSSR count). The molecule has 0 spiro atoms. The summed E-state index contributed by atoms with van der Waals surface area (Å²) in [5.74, 6) is 0.660. The van der Waals surface area contributed by atoms with Gasteiger partial charge in [0.25, 0.3) is 5.91 Å². The SMILES string of the molecule is COc1cc(C(C)=O)ccc1OCC(=O)N(C)C(C)c1ccccc1. The molecule has 0 aliphatic heterocycles. The molecule has 0 heterocycles. The number of ketones is 1. The van der Waals surface area contributed by atoms with Crippen LogP contribution in [-0.4, -0.2) is 37.4 Å². The fourth-order valence-electron chi connectivity index (χ4n) is 2.42. The van der Waals surface area contributed by atoms with Crippen LogP contribution >= 0.6 is 0 Å². The Labute approximate surface area is 148 Å². The highest BCUT2D eigenvalue weighted by atomic mass is 16.5. The predicted molar refractivity (Wildman–Crippen MR) is 96.1 cm³/mol. The summed E-state index contributed by atoms with van der Waals surface area (Å²) in [6, 6.07) is 14.7. The van der Waals surface area contributed by atoms with Gasteiger partial charge in [-0.1, -0.05) is 30.3 Å². The van der Waals surface area contributed by atoms with Crippen LogP contribution in [-0.2, 0) is 4.79 Å². The number of rotatable bonds is 7. The number of benzene rings is 2. The lowest BCUT2D eigenvalue weighted by Gasteiger charge is -2.25. The summed E-state index contributed by atoms with van der Waals surface area (Å²) in [5.41, 5.74) is 1.59. The van der Waals surface area contributed by atoms with Gasteiger partial charge in [-0.3, -0.25) is 9.59 Å². The van der Waals surface area contributed by atoms with E-state index < -0.39 is 0 Å². The number of ether oxygens (including phenoxy) is 2. The molecule has 0 radical (unpaired) electrons. The van der Waals surface area contributed by atoms with E-state index in [2.05, 4.69) is 0 Å². The second-order valence-corrected chi connectivity index (χ2v) is 5.80. The molecule has 0 saturated heterocycles. The van der Waals surface area contributed by atoms with Gasteiger partial charge in [-0.25, -0.2) is 0 Å². The maximum absolute atomic E-state index is 12.4. The highest BCUT2D eigenvalue weighted by Crippen LogP contribution is 2.28. The number of amides is 1. The van der Waals surface area contributed by atoms with Crippen molar-refractivity contribution in [2.45, 2.75) is 19.9 Å². The van der Waals surface area contributed by atoms with Crippen LogP contribution in [0.5, 0.6) is 11.5 Å². The molecule has 25 heavy (non-hydrogen) atoms. The van der Waals surface area contributed by atoms with Crippen molar-refractivity contribution in [3.8, 4) is 11.5 Å².